The Morgan fingerprint density at radius 3 is 1.63 bits per heavy atom. The molecule has 0 aromatic rings. The normalized spacial score (nSPS) is 32.1. The molecule has 3 saturated carbocycles. The van der Waals surface area contributed by atoms with Crippen molar-refractivity contribution in [2.24, 2.45) is 35.5 Å². The topological polar surface area (TPSA) is 17.1 Å². The minimum Gasteiger partial charge on any atom is -0.295 e. The van der Waals surface area contributed by atoms with E-state index in [0.29, 0.717) is 5.57 Å². The lowest BCUT2D eigenvalue weighted by atomic mass is 9.72. The molecule has 0 amide bonds. The summed E-state index contributed by atoms with van der Waals surface area (Å²) in [4.78, 5) is 10.0. The molecule has 27 heavy (non-hydrogen) atoms. The molecule has 1 heteroatoms. The summed E-state index contributed by atoms with van der Waals surface area (Å²) in [5, 5.41) is 0. The summed E-state index contributed by atoms with van der Waals surface area (Å²) in [5.74, 6) is 6.96. The summed E-state index contributed by atoms with van der Waals surface area (Å²) in [6, 6.07) is 0. The van der Waals surface area contributed by atoms with Gasteiger partial charge in [0.15, 0.2) is 5.78 Å². The highest BCUT2D eigenvalue weighted by Crippen LogP contribution is 2.63. The fourth-order valence-electron chi connectivity index (χ4n) is 5.36. The first-order valence-corrected chi connectivity index (χ1v) is 10.6. The molecule has 3 aliphatic rings. The van der Waals surface area contributed by atoms with Crippen molar-refractivity contribution in [3.05, 3.63) is 36.5 Å². The number of rotatable bonds is 4. The zero-order valence-electron chi connectivity index (χ0n) is 18.2. The molecular formula is C26H46O. The number of hydrogen-bond acceptors (Lipinski definition) is 1. The van der Waals surface area contributed by atoms with Crippen molar-refractivity contribution in [2.75, 3.05) is 0 Å². The Hall–Kier alpha value is -1.11. The maximum absolute atomic E-state index is 10.0. The molecule has 6 atom stereocenters. The first-order chi connectivity index (χ1) is 12.1. The van der Waals surface area contributed by atoms with Crippen LogP contribution in [0.1, 0.15) is 87.5 Å². The smallest absolute Gasteiger partial charge is 0.154 e. The van der Waals surface area contributed by atoms with Gasteiger partial charge >= 0.3 is 0 Å². The Labute approximate surface area is 170 Å². The van der Waals surface area contributed by atoms with Gasteiger partial charge in [0.2, 0.25) is 0 Å². The molecule has 1 nitrogen and oxygen atoms in total. The number of Topliss-reactive ketones (excluding diaryl/α,β-unsaturated/α-hetero) is 1. The van der Waals surface area contributed by atoms with Gasteiger partial charge < -0.3 is 0 Å². The fraction of sp³-hybridized carbons (Fsp3) is 0.731. The molecule has 0 heterocycles. The van der Waals surface area contributed by atoms with Gasteiger partial charge in [-0.1, -0.05) is 65.0 Å². The molecule has 156 valence electrons. The average molecular weight is 375 g/mol. The third-order valence-electron chi connectivity index (χ3n) is 7.17. The van der Waals surface area contributed by atoms with Crippen molar-refractivity contribution in [3.63, 3.8) is 0 Å². The third-order valence-corrected chi connectivity index (χ3v) is 7.17. The van der Waals surface area contributed by atoms with Crippen LogP contribution in [0, 0.1) is 35.5 Å². The molecule has 0 aliphatic heterocycles. The van der Waals surface area contributed by atoms with Gasteiger partial charge in [-0.05, 0) is 94.5 Å². The van der Waals surface area contributed by atoms with Crippen molar-refractivity contribution in [2.45, 2.75) is 87.5 Å². The van der Waals surface area contributed by atoms with E-state index in [4.69, 9.17) is 0 Å². The highest BCUT2D eigenvalue weighted by Gasteiger charge is 2.55. The molecule has 0 N–H and O–H groups in total. The molecule has 0 saturated heterocycles. The average Bonchev–Trinajstić information content (AvgIpc) is 3.26. The number of hydrogen-bond donors (Lipinski definition) is 0. The number of fused-ring (bicyclic) bond motifs is 5. The van der Waals surface area contributed by atoms with Crippen LogP contribution in [0.4, 0.5) is 0 Å². The van der Waals surface area contributed by atoms with Gasteiger partial charge in [-0.15, -0.1) is 0 Å². The largest absolute Gasteiger partial charge is 0.295 e. The summed E-state index contributed by atoms with van der Waals surface area (Å²) < 4.78 is 0. The van der Waals surface area contributed by atoms with E-state index in [1.165, 1.54) is 31.6 Å². The Morgan fingerprint density at radius 2 is 1.26 bits per heavy atom. The van der Waals surface area contributed by atoms with Gasteiger partial charge in [0.25, 0.3) is 0 Å². The highest BCUT2D eigenvalue weighted by atomic mass is 16.1. The molecule has 0 aromatic carbocycles. The van der Waals surface area contributed by atoms with Crippen molar-refractivity contribution in [1.29, 1.82) is 0 Å². The Kier molecular flexibility index (Phi) is 11.2. The first kappa shape index (κ1) is 25.9. The summed E-state index contributed by atoms with van der Waals surface area (Å²) in [6.45, 7) is 22.6. The van der Waals surface area contributed by atoms with Gasteiger partial charge in [-0.2, -0.15) is 0 Å². The van der Waals surface area contributed by atoms with Gasteiger partial charge in [0.1, 0.15) is 0 Å². The Balaban J connectivity index is 0.000000444. The molecular weight excluding hydrogens is 328 g/mol. The second-order valence-electron chi connectivity index (χ2n) is 8.95. The second-order valence-corrected chi connectivity index (χ2v) is 8.95. The molecule has 3 fully saturated rings. The quantitative estimate of drug-likeness (QED) is 0.359. The van der Waals surface area contributed by atoms with E-state index in [9.17, 15) is 4.79 Å². The summed E-state index contributed by atoms with van der Waals surface area (Å²) in [5.41, 5.74) is 2.75. The summed E-state index contributed by atoms with van der Waals surface area (Å²) in [7, 11) is 0. The zero-order valence-corrected chi connectivity index (χ0v) is 18.2. The number of allylic oxidation sites excluding steroid dienone is 3. The summed E-state index contributed by atoms with van der Waals surface area (Å²) in [6.07, 6.45) is 9.28. The van der Waals surface area contributed by atoms with Crippen molar-refractivity contribution in [3.8, 4) is 0 Å². The third kappa shape index (κ3) is 6.77. The maximum Gasteiger partial charge on any atom is 0.154 e. The Morgan fingerprint density at radius 1 is 0.778 bits per heavy atom. The lowest BCUT2D eigenvalue weighted by molar-refractivity contribution is -0.113. The van der Waals surface area contributed by atoms with Crippen LogP contribution < -0.4 is 0 Å². The molecule has 2 bridgehead atoms. The van der Waals surface area contributed by atoms with Crippen LogP contribution in [-0.2, 0) is 4.79 Å². The predicted molar refractivity (Wildman–Crippen MR) is 122 cm³/mol. The van der Waals surface area contributed by atoms with E-state index >= 15 is 0 Å². The molecule has 6 unspecified atom stereocenters. The zero-order chi connectivity index (χ0) is 20.0. The van der Waals surface area contributed by atoms with Crippen LogP contribution in [0.5, 0.6) is 0 Å². The number of ketones is 1. The monoisotopic (exact) mass is 374 g/mol. The van der Waals surface area contributed by atoms with Crippen LogP contribution in [0.3, 0.4) is 0 Å². The minimum absolute atomic E-state index is 0. The van der Waals surface area contributed by atoms with Gasteiger partial charge in [0, 0.05) is 0 Å². The standard InChI is InChI=1S/C14H24.C6H10.C5H8O.CH4/c1-3-9-5-6-12-13-8-11(14(9)12)7-10(13)4-2;1-5(2)6(3)4;1-4(2)5(3)6;/h9-14H,3-8H2,1-2H3;1,3H2,2,4H3;1H2,2-3H3;1H4. The van der Waals surface area contributed by atoms with Crippen molar-refractivity contribution >= 4 is 5.78 Å². The van der Waals surface area contributed by atoms with E-state index in [1.54, 1.807) is 32.6 Å². The van der Waals surface area contributed by atoms with Crippen molar-refractivity contribution in [1.82, 2.24) is 0 Å². The summed E-state index contributed by atoms with van der Waals surface area (Å²) >= 11 is 0. The molecule has 3 aliphatic carbocycles. The van der Waals surface area contributed by atoms with E-state index in [-0.39, 0.29) is 13.2 Å². The van der Waals surface area contributed by atoms with Gasteiger partial charge in [0.05, 0.1) is 0 Å². The molecule has 3 rings (SSSR count). The van der Waals surface area contributed by atoms with E-state index in [0.717, 1.165) is 34.8 Å². The van der Waals surface area contributed by atoms with Crippen LogP contribution in [0.2, 0.25) is 0 Å². The van der Waals surface area contributed by atoms with Gasteiger partial charge in [-0.25, -0.2) is 0 Å². The Bertz CT molecular complexity index is 476. The number of carbonyl (C=O) groups is 1. The SMILES string of the molecule is C.C=C(C)C(=C)C.C=C(C)C(C)=O.CCC1CC2CC1C1CCC(CC)C21. The number of carbonyl (C=O) groups excluding carboxylic acids is 1. The second kappa shape index (κ2) is 11.7. The van der Waals surface area contributed by atoms with E-state index < -0.39 is 0 Å². The van der Waals surface area contributed by atoms with E-state index in [1.807, 2.05) is 13.8 Å². The fourth-order valence-corrected chi connectivity index (χ4v) is 5.36. The predicted octanol–water partition coefficient (Wildman–Crippen LogP) is 8.03. The molecule has 0 radical (unpaired) electrons. The van der Waals surface area contributed by atoms with Crippen LogP contribution in [0.15, 0.2) is 36.5 Å². The van der Waals surface area contributed by atoms with Gasteiger partial charge in [-0.3, -0.25) is 4.79 Å². The lowest BCUT2D eigenvalue weighted by Crippen LogP contribution is -2.26. The van der Waals surface area contributed by atoms with Crippen LogP contribution >= 0.6 is 0 Å². The first-order valence-electron chi connectivity index (χ1n) is 10.6. The molecule has 0 spiro atoms. The van der Waals surface area contributed by atoms with Crippen LogP contribution in [0.25, 0.3) is 0 Å². The van der Waals surface area contributed by atoms with E-state index in [2.05, 4.69) is 33.6 Å². The van der Waals surface area contributed by atoms with Crippen molar-refractivity contribution < 1.29 is 4.79 Å². The lowest BCUT2D eigenvalue weighted by Gasteiger charge is -2.33. The molecule has 0 aromatic heterocycles. The minimum atomic E-state index is 0. The van der Waals surface area contributed by atoms with Crippen LogP contribution in [-0.4, -0.2) is 5.78 Å². The highest BCUT2D eigenvalue weighted by molar-refractivity contribution is 5.91. The maximum atomic E-state index is 10.0.